The third-order valence-corrected chi connectivity index (χ3v) is 2.37. The second-order valence-electron chi connectivity index (χ2n) is 3.89. The van der Waals surface area contributed by atoms with Crippen LogP contribution < -0.4 is 21.1 Å². The SMILES string of the molecule is CNC(=O)NC(=O)C(C)Oc1ccc(N)cc1C(=O)O. The van der Waals surface area contributed by atoms with Gasteiger partial charge in [0.25, 0.3) is 5.91 Å². The number of hydrogen-bond acceptors (Lipinski definition) is 5. The fraction of sp³-hybridized carbons (Fsp3) is 0.250. The zero-order valence-corrected chi connectivity index (χ0v) is 11.0. The lowest BCUT2D eigenvalue weighted by atomic mass is 10.2. The molecule has 0 heterocycles. The summed E-state index contributed by atoms with van der Waals surface area (Å²) in [5, 5.41) is 13.3. The number of anilines is 1. The molecule has 20 heavy (non-hydrogen) atoms. The lowest BCUT2D eigenvalue weighted by molar-refractivity contribution is -0.126. The second kappa shape index (κ2) is 6.41. The van der Waals surface area contributed by atoms with Gasteiger partial charge in [0.1, 0.15) is 11.3 Å². The number of nitrogens with two attached hydrogens (primary N) is 1. The summed E-state index contributed by atoms with van der Waals surface area (Å²) in [6, 6.07) is 3.34. The van der Waals surface area contributed by atoms with Crippen LogP contribution in [0.2, 0.25) is 0 Å². The van der Waals surface area contributed by atoms with Crippen molar-refractivity contribution in [1.82, 2.24) is 10.6 Å². The van der Waals surface area contributed by atoms with Crippen LogP contribution in [-0.2, 0) is 4.79 Å². The Balaban J connectivity index is 2.85. The van der Waals surface area contributed by atoms with Crippen molar-refractivity contribution >= 4 is 23.6 Å². The number of nitrogens with one attached hydrogen (secondary N) is 2. The predicted octanol–water partition coefficient (Wildman–Crippen LogP) is 0.190. The van der Waals surface area contributed by atoms with Gasteiger partial charge in [-0.15, -0.1) is 0 Å². The zero-order valence-electron chi connectivity index (χ0n) is 11.0. The van der Waals surface area contributed by atoms with E-state index >= 15 is 0 Å². The predicted molar refractivity (Wildman–Crippen MR) is 70.5 cm³/mol. The monoisotopic (exact) mass is 281 g/mol. The van der Waals surface area contributed by atoms with Gasteiger partial charge in [-0.05, 0) is 25.1 Å². The van der Waals surface area contributed by atoms with E-state index in [4.69, 9.17) is 15.6 Å². The molecule has 0 bridgehead atoms. The molecule has 0 aromatic heterocycles. The minimum absolute atomic E-state index is 0.00810. The van der Waals surface area contributed by atoms with Gasteiger partial charge in [0.05, 0.1) is 0 Å². The number of hydrogen-bond donors (Lipinski definition) is 4. The molecule has 1 aromatic carbocycles. The first-order valence-corrected chi connectivity index (χ1v) is 5.67. The molecular weight excluding hydrogens is 266 g/mol. The minimum Gasteiger partial charge on any atom is -0.480 e. The first kappa shape index (κ1) is 15.3. The number of carbonyl (C=O) groups excluding carboxylic acids is 2. The highest BCUT2D eigenvalue weighted by Gasteiger charge is 2.20. The van der Waals surface area contributed by atoms with Gasteiger partial charge in [0.15, 0.2) is 6.10 Å². The molecule has 0 aliphatic heterocycles. The van der Waals surface area contributed by atoms with E-state index in [9.17, 15) is 14.4 Å². The van der Waals surface area contributed by atoms with Gasteiger partial charge >= 0.3 is 12.0 Å². The standard InChI is InChI=1S/C12H15N3O5/c1-6(10(16)15-12(19)14-2)20-9-4-3-7(13)5-8(9)11(17)18/h3-6H,13H2,1-2H3,(H,17,18)(H2,14,15,16,19). The van der Waals surface area contributed by atoms with Crippen molar-refractivity contribution in [2.24, 2.45) is 0 Å². The van der Waals surface area contributed by atoms with Crippen LogP contribution in [0.3, 0.4) is 0 Å². The maximum atomic E-state index is 11.6. The highest BCUT2D eigenvalue weighted by atomic mass is 16.5. The van der Waals surface area contributed by atoms with E-state index in [0.717, 1.165) is 0 Å². The molecule has 0 aliphatic carbocycles. The summed E-state index contributed by atoms with van der Waals surface area (Å²) in [7, 11) is 1.36. The molecule has 8 nitrogen and oxygen atoms in total. The number of amides is 3. The molecule has 1 aromatic rings. The maximum absolute atomic E-state index is 11.6. The van der Waals surface area contributed by atoms with Crippen LogP contribution in [-0.4, -0.2) is 36.2 Å². The molecule has 3 amide bonds. The number of nitrogen functional groups attached to an aromatic ring is 1. The van der Waals surface area contributed by atoms with Crippen molar-refractivity contribution in [2.45, 2.75) is 13.0 Å². The van der Waals surface area contributed by atoms with Crippen molar-refractivity contribution in [3.63, 3.8) is 0 Å². The zero-order chi connectivity index (χ0) is 15.3. The van der Waals surface area contributed by atoms with Crippen LogP contribution in [0.15, 0.2) is 18.2 Å². The van der Waals surface area contributed by atoms with Gasteiger partial charge in [-0.3, -0.25) is 10.1 Å². The number of aromatic carboxylic acids is 1. The Bertz CT molecular complexity index is 544. The molecule has 0 spiro atoms. The lowest BCUT2D eigenvalue weighted by Gasteiger charge is -2.15. The summed E-state index contributed by atoms with van der Waals surface area (Å²) < 4.78 is 5.24. The third-order valence-electron chi connectivity index (χ3n) is 2.37. The fourth-order valence-electron chi connectivity index (χ4n) is 1.34. The van der Waals surface area contributed by atoms with Crippen LogP contribution in [0.5, 0.6) is 5.75 Å². The summed E-state index contributed by atoms with van der Waals surface area (Å²) in [6.07, 6.45) is -1.05. The molecule has 5 N–H and O–H groups in total. The molecule has 1 unspecified atom stereocenters. The lowest BCUT2D eigenvalue weighted by Crippen LogP contribution is -2.44. The molecule has 0 aliphatic rings. The van der Waals surface area contributed by atoms with Crippen molar-refractivity contribution < 1.29 is 24.2 Å². The molecule has 0 saturated carbocycles. The first-order chi connectivity index (χ1) is 9.35. The Morgan fingerprint density at radius 1 is 1.35 bits per heavy atom. The highest BCUT2D eigenvalue weighted by Crippen LogP contribution is 2.22. The van der Waals surface area contributed by atoms with E-state index in [0.29, 0.717) is 0 Å². The number of benzene rings is 1. The first-order valence-electron chi connectivity index (χ1n) is 5.67. The van der Waals surface area contributed by atoms with Crippen molar-refractivity contribution in [1.29, 1.82) is 0 Å². The average Bonchev–Trinajstić information content (AvgIpc) is 2.40. The fourth-order valence-corrected chi connectivity index (χ4v) is 1.34. The number of carbonyl (C=O) groups is 3. The summed E-state index contributed by atoms with van der Waals surface area (Å²) in [6.45, 7) is 1.39. The molecule has 1 atom stereocenters. The topological polar surface area (TPSA) is 131 Å². The Kier molecular flexibility index (Phi) is 4.90. The smallest absolute Gasteiger partial charge is 0.339 e. The van der Waals surface area contributed by atoms with Gasteiger partial charge in [-0.2, -0.15) is 0 Å². The van der Waals surface area contributed by atoms with Crippen LogP contribution >= 0.6 is 0 Å². The number of urea groups is 1. The quantitative estimate of drug-likeness (QED) is 0.583. The minimum atomic E-state index is -1.23. The Morgan fingerprint density at radius 3 is 2.55 bits per heavy atom. The van der Waals surface area contributed by atoms with Crippen LogP contribution in [0.1, 0.15) is 17.3 Å². The van der Waals surface area contributed by atoms with Crippen molar-refractivity contribution in [2.75, 3.05) is 12.8 Å². The van der Waals surface area contributed by atoms with Gasteiger partial charge in [-0.25, -0.2) is 9.59 Å². The number of carboxylic acids is 1. The summed E-state index contributed by atoms with van der Waals surface area (Å²) >= 11 is 0. The summed E-state index contributed by atoms with van der Waals surface area (Å²) in [4.78, 5) is 33.6. The summed E-state index contributed by atoms with van der Waals surface area (Å²) in [5.41, 5.74) is 5.59. The van der Waals surface area contributed by atoms with Crippen molar-refractivity contribution in [3.8, 4) is 5.75 Å². The van der Waals surface area contributed by atoms with E-state index < -0.39 is 24.0 Å². The largest absolute Gasteiger partial charge is 0.480 e. The van der Waals surface area contributed by atoms with E-state index in [-0.39, 0.29) is 17.0 Å². The van der Waals surface area contributed by atoms with E-state index in [1.807, 2.05) is 5.32 Å². The molecule has 108 valence electrons. The Labute approximate surface area is 114 Å². The number of ether oxygens (including phenoxy) is 1. The maximum Gasteiger partial charge on any atom is 0.339 e. The molecule has 0 radical (unpaired) electrons. The molecule has 1 rings (SSSR count). The highest BCUT2D eigenvalue weighted by molar-refractivity contribution is 5.97. The van der Waals surface area contributed by atoms with Gasteiger partial charge < -0.3 is 20.9 Å². The summed E-state index contributed by atoms with van der Waals surface area (Å²) in [5.74, 6) is -1.94. The average molecular weight is 281 g/mol. The third kappa shape index (κ3) is 3.87. The molecule has 0 saturated heterocycles. The van der Waals surface area contributed by atoms with Crippen LogP contribution in [0.4, 0.5) is 10.5 Å². The molecular formula is C12H15N3O5. The number of imide groups is 1. The van der Waals surface area contributed by atoms with Gasteiger partial charge in [-0.1, -0.05) is 0 Å². The Morgan fingerprint density at radius 2 is 2.00 bits per heavy atom. The van der Waals surface area contributed by atoms with Crippen LogP contribution in [0.25, 0.3) is 0 Å². The van der Waals surface area contributed by atoms with E-state index in [1.54, 1.807) is 0 Å². The van der Waals surface area contributed by atoms with Gasteiger partial charge in [0.2, 0.25) is 0 Å². The van der Waals surface area contributed by atoms with E-state index in [2.05, 4.69) is 5.32 Å². The second-order valence-corrected chi connectivity index (χ2v) is 3.89. The number of rotatable bonds is 4. The van der Waals surface area contributed by atoms with Gasteiger partial charge in [0, 0.05) is 12.7 Å². The molecule has 8 heteroatoms. The number of carboxylic acid groups (broad SMARTS) is 1. The van der Waals surface area contributed by atoms with Crippen molar-refractivity contribution in [3.05, 3.63) is 23.8 Å². The normalized spacial score (nSPS) is 11.3. The van der Waals surface area contributed by atoms with Crippen LogP contribution in [0, 0.1) is 0 Å². The van der Waals surface area contributed by atoms with E-state index in [1.165, 1.54) is 32.2 Å². The molecule has 0 fully saturated rings. The Hall–Kier alpha value is -2.77.